The Kier molecular flexibility index (Phi) is 12.4. The highest BCUT2D eigenvalue weighted by atomic mass is 16.5. The van der Waals surface area contributed by atoms with Gasteiger partial charge in [-0.1, -0.05) is 81.4 Å². The summed E-state index contributed by atoms with van der Waals surface area (Å²) in [6.07, 6.45) is -1.53. The Morgan fingerprint density at radius 3 is 1.92 bits per heavy atom. The van der Waals surface area contributed by atoms with Gasteiger partial charge in [0, 0.05) is 5.92 Å². The van der Waals surface area contributed by atoms with Crippen molar-refractivity contribution < 1.29 is 29.0 Å². The van der Waals surface area contributed by atoms with Crippen molar-refractivity contribution in [3.8, 4) is 0 Å². The molecule has 10 heteroatoms. The Hall–Kier alpha value is -3.92. The maximum atomic E-state index is 12.9. The molecule has 0 saturated heterocycles. The van der Waals surface area contributed by atoms with Gasteiger partial charge >= 0.3 is 6.09 Å². The zero-order valence-corrected chi connectivity index (χ0v) is 22.9. The van der Waals surface area contributed by atoms with Crippen LogP contribution in [0.2, 0.25) is 0 Å². The largest absolute Gasteiger partial charge is 0.445 e. The zero-order chi connectivity index (χ0) is 28.9. The van der Waals surface area contributed by atoms with E-state index in [9.17, 15) is 24.3 Å². The molecule has 0 saturated carbocycles. The molecule has 10 nitrogen and oxygen atoms in total. The molecule has 0 fully saturated rings. The number of carbonyl (C=O) groups excluding carboxylic acids is 4. The van der Waals surface area contributed by atoms with Gasteiger partial charge in [0.1, 0.15) is 18.7 Å². The van der Waals surface area contributed by atoms with Crippen LogP contribution in [0.4, 0.5) is 4.79 Å². The minimum atomic E-state index is -1.10. The fourth-order valence-electron chi connectivity index (χ4n) is 3.96. The van der Waals surface area contributed by atoms with E-state index >= 15 is 0 Å². The van der Waals surface area contributed by atoms with E-state index in [1.54, 1.807) is 20.8 Å². The van der Waals surface area contributed by atoms with Crippen molar-refractivity contribution in [3.05, 3.63) is 71.8 Å². The zero-order valence-electron chi connectivity index (χ0n) is 22.9. The third kappa shape index (κ3) is 10.8. The average Bonchev–Trinajstić information content (AvgIpc) is 2.90. The summed E-state index contributed by atoms with van der Waals surface area (Å²) in [5.41, 5.74) is 7.08. The van der Waals surface area contributed by atoms with Crippen LogP contribution in [0.25, 0.3) is 0 Å². The van der Waals surface area contributed by atoms with Crippen LogP contribution in [-0.4, -0.2) is 53.2 Å². The molecule has 0 aromatic heterocycles. The number of aliphatic hydroxyl groups excluding tert-OH is 1. The van der Waals surface area contributed by atoms with E-state index in [4.69, 9.17) is 10.5 Å². The lowest BCUT2D eigenvalue weighted by Crippen LogP contribution is -2.53. The molecule has 0 radical (unpaired) electrons. The molecule has 2 aromatic carbocycles. The van der Waals surface area contributed by atoms with E-state index in [-0.39, 0.29) is 18.9 Å². The van der Waals surface area contributed by atoms with Gasteiger partial charge in [-0.05, 0) is 36.8 Å². The molecule has 2 rings (SSSR count). The molecule has 0 bridgehead atoms. The van der Waals surface area contributed by atoms with Crippen LogP contribution in [0.5, 0.6) is 0 Å². The van der Waals surface area contributed by atoms with Crippen LogP contribution < -0.4 is 21.7 Å². The lowest BCUT2D eigenvalue weighted by atomic mass is 9.93. The van der Waals surface area contributed by atoms with Crippen LogP contribution in [0.15, 0.2) is 60.7 Å². The van der Waals surface area contributed by atoms with Gasteiger partial charge in [0.05, 0.1) is 12.1 Å². The molecule has 5 atom stereocenters. The molecular formula is C29H40N4O6. The molecule has 0 aliphatic heterocycles. The van der Waals surface area contributed by atoms with Crippen molar-refractivity contribution >= 4 is 23.8 Å². The van der Waals surface area contributed by atoms with Crippen molar-refractivity contribution in [1.82, 2.24) is 16.0 Å². The Labute approximate surface area is 229 Å². The fraction of sp³-hybridized carbons (Fsp3) is 0.448. The smallest absolute Gasteiger partial charge is 0.408 e. The maximum absolute atomic E-state index is 12.9. The first-order valence-corrected chi connectivity index (χ1v) is 13.1. The highest BCUT2D eigenvalue weighted by molar-refractivity contribution is 5.87. The molecule has 4 amide bonds. The maximum Gasteiger partial charge on any atom is 0.408 e. The van der Waals surface area contributed by atoms with E-state index in [1.807, 2.05) is 60.7 Å². The predicted molar refractivity (Wildman–Crippen MR) is 147 cm³/mol. The number of carbonyl (C=O) groups is 4. The summed E-state index contributed by atoms with van der Waals surface area (Å²) in [6, 6.07) is 15.9. The second-order valence-electron chi connectivity index (χ2n) is 10.1. The van der Waals surface area contributed by atoms with E-state index in [2.05, 4.69) is 16.0 Å². The highest BCUT2D eigenvalue weighted by Gasteiger charge is 2.30. The summed E-state index contributed by atoms with van der Waals surface area (Å²) >= 11 is 0. The SMILES string of the molecule is CC(NC(=O)OCc1ccccc1)C(=O)NC(Cc1ccccc1)[C@@H](O)C[C@@H](C)C(=O)NC(C(N)=O)C(C)C. The van der Waals surface area contributed by atoms with Crippen molar-refractivity contribution in [1.29, 1.82) is 0 Å². The average molecular weight is 541 g/mol. The van der Waals surface area contributed by atoms with Crippen molar-refractivity contribution in [2.24, 2.45) is 17.6 Å². The Morgan fingerprint density at radius 1 is 0.821 bits per heavy atom. The summed E-state index contributed by atoms with van der Waals surface area (Å²) in [5.74, 6) is -2.43. The van der Waals surface area contributed by atoms with E-state index in [0.29, 0.717) is 6.42 Å². The Balaban J connectivity index is 2.02. The molecule has 2 aromatic rings. The van der Waals surface area contributed by atoms with Gasteiger partial charge in [0.25, 0.3) is 0 Å². The number of hydrogen-bond donors (Lipinski definition) is 5. The molecule has 0 aliphatic carbocycles. The first-order chi connectivity index (χ1) is 18.5. The van der Waals surface area contributed by atoms with Crippen LogP contribution in [-0.2, 0) is 32.1 Å². The third-order valence-electron chi connectivity index (χ3n) is 6.34. The number of aliphatic hydroxyl groups is 1. The number of nitrogens with one attached hydrogen (secondary N) is 3. The van der Waals surface area contributed by atoms with Gasteiger partial charge in [-0.2, -0.15) is 0 Å². The first-order valence-electron chi connectivity index (χ1n) is 13.1. The van der Waals surface area contributed by atoms with Crippen LogP contribution in [0.3, 0.4) is 0 Å². The van der Waals surface area contributed by atoms with E-state index in [0.717, 1.165) is 11.1 Å². The standard InChI is InChI=1S/C29H40N4O6/c1-18(2)25(26(30)35)33-27(36)19(3)15-24(34)23(16-21-11-7-5-8-12-21)32-28(37)20(4)31-29(38)39-17-22-13-9-6-10-14-22/h5-14,18-20,23-25,34H,15-17H2,1-4H3,(H2,30,35)(H,31,38)(H,32,37)(H,33,36)/t19-,20?,23?,24+,25?/m1/s1. The van der Waals surface area contributed by atoms with Crippen LogP contribution in [0.1, 0.15) is 45.2 Å². The van der Waals surface area contributed by atoms with Gasteiger partial charge in [-0.25, -0.2) is 4.79 Å². The number of rotatable bonds is 14. The number of nitrogens with two attached hydrogens (primary N) is 1. The number of benzene rings is 2. The molecule has 3 unspecified atom stereocenters. The molecule has 6 N–H and O–H groups in total. The quantitative estimate of drug-likeness (QED) is 0.247. The second kappa shape index (κ2) is 15.5. The lowest BCUT2D eigenvalue weighted by molar-refractivity contribution is -0.131. The fourth-order valence-corrected chi connectivity index (χ4v) is 3.96. The second-order valence-corrected chi connectivity index (χ2v) is 10.1. The summed E-state index contributed by atoms with van der Waals surface area (Å²) in [6.45, 7) is 6.74. The summed E-state index contributed by atoms with van der Waals surface area (Å²) in [5, 5.41) is 19.0. The van der Waals surface area contributed by atoms with Crippen LogP contribution in [0, 0.1) is 11.8 Å². The monoisotopic (exact) mass is 540 g/mol. The number of hydrogen-bond acceptors (Lipinski definition) is 6. The topological polar surface area (TPSA) is 160 Å². The molecule has 39 heavy (non-hydrogen) atoms. The third-order valence-corrected chi connectivity index (χ3v) is 6.34. The van der Waals surface area contributed by atoms with Crippen LogP contribution >= 0.6 is 0 Å². The minimum Gasteiger partial charge on any atom is -0.445 e. The molecule has 0 heterocycles. The molecule has 0 aliphatic rings. The van der Waals surface area contributed by atoms with Gasteiger partial charge in [0.2, 0.25) is 17.7 Å². The van der Waals surface area contributed by atoms with Gasteiger partial charge in [-0.3, -0.25) is 14.4 Å². The number of primary amides is 1. The van der Waals surface area contributed by atoms with Gasteiger partial charge < -0.3 is 31.5 Å². The van der Waals surface area contributed by atoms with Crippen molar-refractivity contribution in [2.75, 3.05) is 0 Å². The Morgan fingerprint density at radius 2 is 1.38 bits per heavy atom. The summed E-state index contributed by atoms with van der Waals surface area (Å²) in [4.78, 5) is 49.6. The lowest BCUT2D eigenvalue weighted by Gasteiger charge is -2.28. The number of alkyl carbamates (subject to hydrolysis) is 1. The molecule has 212 valence electrons. The number of amides is 4. The molecular weight excluding hydrogens is 500 g/mol. The van der Waals surface area contributed by atoms with E-state index < -0.39 is 54.0 Å². The summed E-state index contributed by atoms with van der Waals surface area (Å²) < 4.78 is 5.18. The number of ether oxygens (including phenoxy) is 1. The normalized spacial score (nSPS) is 14.8. The Bertz CT molecular complexity index is 1080. The van der Waals surface area contributed by atoms with Gasteiger partial charge in [-0.15, -0.1) is 0 Å². The van der Waals surface area contributed by atoms with Crippen molar-refractivity contribution in [3.63, 3.8) is 0 Å². The van der Waals surface area contributed by atoms with E-state index in [1.165, 1.54) is 6.92 Å². The first kappa shape index (κ1) is 31.3. The predicted octanol–water partition coefficient (Wildman–Crippen LogP) is 2.04. The highest BCUT2D eigenvalue weighted by Crippen LogP contribution is 2.15. The van der Waals surface area contributed by atoms with Gasteiger partial charge in [0.15, 0.2) is 0 Å². The minimum absolute atomic E-state index is 0.0219. The summed E-state index contributed by atoms with van der Waals surface area (Å²) in [7, 11) is 0. The van der Waals surface area contributed by atoms with Crippen molar-refractivity contribution in [2.45, 2.75) is 71.4 Å². The molecule has 0 spiro atoms.